The van der Waals surface area contributed by atoms with Gasteiger partial charge in [0.25, 0.3) is 0 Å². The number of thioether (sulfide) groups is 1. The molecule has 3 rings (SSSR count). The molecule has 0 radical (unpaired) electrons. The van der Waals surface area contributed by atoms with E-state index in [1.807, 2.05) is 19.1 Å². The van der Waals surface area contributed by atoms with Gasteiger partial charge in [0.15, 0.2) is 5.13 Å². The molecule has 30 heavy (non-hydrogen) atoms. The van der Waals surface area contributed by atoms with E-state index < -0.39 is 0 Å². The van der Waals surface area contributed by atoms with Crippen LogP contribution in [0.25, 0.3) is 10.6 Å². The average molecular weight is 460 g/mol. The van der Waals surface area contributed by atoms with Crippen LogP contribution in [0.1, 0.15) is 34.2 Å². The number of carbonyl (C=O) groups is 2. The number of benzene rings is 1. The quantitative estimate of drug-likeness (QED) is 0.433. The fraction of sp³-hybridized carbons (Fsp3) is 0.318. The molecule has 0 aliphatic heterocycles. The van der Waals surface area contributed by atoms with Gasteiger partial charge < -0.3 is 10.6 Å². The highest BCUT2D eigenvalue weighted by molar-refractivity contribution is 7.99. The molecule has 3 aromatic rings. The van der Waals surface area contributed by atoms with Crippen molar-refractivity contribution in [3.63, 3.8) is 0 Å². The van der Waals surface area contributed by atoms with Crippen molar-refractivity contribution in [2.45, 2.75) is 45.6 Å². The van der Waals surface area contributed by atoms with Crippen LogP contribution in [-0.2, 0) is 16.1 Å². The lowest BCUT2D eigenvalue weighted by molar-refractivity contribution is -0.119. The second-order valence-electron chi connectivity index (χ2n) is 6.99. The van der Waals surface area contributed by atoms with Crippen LogP contribution in [0.5, 0.6) is 0 Å². The van der Waals surface area contributed by atoms with E-state index in [-0.39, 0.29) is 11.8 Å². The molecular weight excluding hydrogens is 434 g/mol. The lowest BCUT2D eigenvalue weighted by Crippen LogP contribution is -2.17. The summed E-state index contributed by atoms with van der Waals surface area (Å²) < 4.78 is 0. The maximum atomic E-state index is 12.3. The summed E-state index contributed by atoms with van der Waals surface area (Å²) >= 11 is 4.78. The average Bonchev–Trinajstić information content (AvgIpc) is 3.29. The zero-order valence-electron chi connectivity index (χ0n) is 17.5. The minimum Gasteiger partial charge on any atom is -0.351 e. The number of aryl methyl sites for hydroxylation is 3. The van der Waals surface area contributed by atoms with Gasteiger partial charge in [-0.05, 0) is 56.2 Å². The van der Waals surface area contributed by atoms with Crippen LogP contribution in [-0.4, -0.2) is 22.6 Å². The second-order valence-corrected chi connectivity index (χ2v) is 10.5. The molecule has 0 saturated carbocycles. The number of carbonyl (C=O) groups excluding carboxylic acids is 2. The molecule has 0 bridgehead atoms. The molecular formula is C22H25N3O2S3. The van der Waals surface area contributed by atoms with E-state index in [1.54, 1.807) is 23.1 Å². The Kier molecular flexibility index (Phi) is 7.69. The molecule has 1 aromatic carbocycles. The van der Waals surface area contributed by atoms with Gasteiger partial charge in [0.05, 0.1) is 17.1 Å². The van der Waals surface area contributed by atoms with E-state index >= 15 is 0 Å². The van der Waals surface area contributed by atoms with Gasteiger partial charge in [-0.2, -0.15) is 0 Å². The van der Waals surface area contributed by atoms with E-state index in [2.05, 4.69) is 47.7 Å². The highest BCUT2D eigenvalue weighted by atomic mass is 32.2. The summed E-state index contributed by atoms with van der Waals surface area (Å²) in [5, 5.41) is 6.36. The van der Waals surface area contributed by atoms with Gasteiger partial charge in [0, 0.05) is 33.7 Å². The van der Waals surface area contributed by atoms with Crippen molar-refractivity contribution in [3.8, 4) is 10.6 Å². The number of rotatable bonds is 8. The Morgan fingerprint density at radius 2 is 1.87 bits per heavy atom. The fourth-order valence-corrected chi connectivity index (χ4v) is 5.59. The summed E-state index contributed by atoms with van der Waals surface area (Å²) in [5.41, 5.74) is 3.43. The molecule has 8 heteroatoms. The number of aromatic nitrogens is 1. The molecule has 2 aromatic heterocycles. The first kappa shape index (κ1) is 22.5. The van der Waals surface area contributed by atoms with Gasteiger partial charge in [-0.3, -0.25) is 9.59 Å². The third-order valence-corrected chi connectivity index (χ3v) is 7.50. The zero-order chi connectivity index (χ0) is 21.7. The van der Waals surface area contributed by atoms with E-state index in [4.69, 9.17) is 0 Å². The standard InChI is InChI=1S/C22H25N3O2S3/c1-13-5-6-17(11-14(13)2)28-10-9-20(27)24-22-25-21(15(3)29-22)19-8-7-18(30-19)12-23-16(4)26/h5-8,11H,9-10,12H2,1-4H3,(H,23,26)(H,24,25,27). The molecule has 2 N–H and O–H groups in total. The number of hydrogen-bond acceptors (Lipinski definition) is 6. The highest BCUT2D eigenvalue weighted by Crippen LogP contribution is 2.34. The largest absolute Gasteiger partial charge is 0.351 e. The minimum atomic E-state index is -0.0459. The van der Waals surface area contributed by atoms with E-state index in [9.17, 15) is 9.59 Å². The predicted molar refractivity (Wildman–Crippen MR) is 128 cm³/mol. The Bertz CT molecular complexity index is 1060. The van der Waals surface area contributed by atoms with Gasteiger partial charge in [-0.1, -0.05) is 6.07 Å². The Balaban J connectivity index is 1.54. The summed E-state index contributed by atoms with van der Waals surface area (Å²) in [6.45, 7) is 8.23. The Morgan fingerprint density at radius 3 is 2.60 bits per heavy atom. The van der Waals surface area contributed by atoms with Crippen LogP contribution < -0.4 is 10.6 Å². The lowest BCUT2D eigenvalue weighted by Gasteiger charge is -2.05. The smallest absolute Gasteiger partial charge is 0.226 e. The first-order chi connectivity index (χ1) is 14.3. The third-order valence-electron chi connectivity index (χ3n) is 4.53. The predicted octanol–water partition coefficient (Wildman–Crippen LogP) is 5.55. The molecule has 0 aliphatic carbocycles. The molecule has 0 saturated heterocycles. The highest BCUT2D eigenvalue weighted by Gasteiger charge is 2.14. The first-order valence-electron chi connectivity index (χ1n) is 9.62. The monoisotopic (exact) mass is 459 g/mol. The molecule has 0 unspecified atom stereocenters. The molecule has 2 amide bonds. The molecule has 5 nitrogen and oxygen atoms in total. The summed E-state index contributed by atoms with van der Waals surface area (Å²) in [7, 11) is 0. The van der Waals surface area contributed by atoms with E-state index in [1.165, 1.54) is 34.3 Å². The van der Waals surface area contributed by atoms with Crippen LogP contribution in [0, 0.1) is 20.8 Å². The number of nitrogens with one attached hydrogen (secondary N) is 2. The van der Waals surface area contributed by atoms with Crippen LogP contribution in [0.3, 0.4) is 0 Å². The Morgan fingerprint density at radius 1 is 1.07 bits per heavy atom. The molecule has 2 heterocycles. The summed E-state index contributed by atoms with van der Waals surface area (Å²) in [4.78, 5) is 32.4. The Hall–Kier alpha value is -2.16. The lowest BCUT2D eigenvalue weighted by atomic mass is 10.1. The number of hydrogen-bond donors (Lipinski definition) is 2. The van der Waals surface area contributed by atoms with Crippen molar-refractivity contribution in [2.24, 2.45) is 0 Å². The van der Waals surface area contributed by atoms with Gasteiger partial charge in [-0.15, -0.1) is 34.4 Å². The second kappa shape index (κ2) is 10.2. The van der Waals surface area contributed by atoms with Crippen molar-refractivity contribution in [3.05, 3.63) is 51.2 Å². The fourth-order valence-electron chi connectivity index (χ4n) is 2.74. The molecule has 0 fully saturated rings. The Labute approximate surface area is 189 Å². The number of amides is 2. The zero-order valence-corrected chi connectivity index (χ0v) is 19.9. The van der Waals surface area contributed by atoms with E-state index in [0.717, 1.165) is 26.1 Å². The van der Waals surface area contributed by atoms with Crippen molar-refractivity contribution in [1.29, 1.82) is 0 Å². The van der Waals surface area contributed by atoms with Gasteiger partial charge in [-0.25, -0.2) is 4.98 Å². The first-order valence-corrected chi connectivity index (χ1v) is 12.2. The van der Waals surface area contributed by atoms with Crippen molar-refractivity contribution >= 4 is 51.4 Å². The molecule has 0 atom stereocenters. The third kappa shape index (κ3) is 6.17. The van der Waals surface area contributed by atoms with Crippen molar-refractivity contribution in [1.82, 2.24) is 10.3 Å². The minimum absolute atomic E-state index is 0.0239. The molecule has 0 spiro atoms. The van der Waals surface area contributed by atoms with Crippen molar-refractivity contribution in [2.75, 3.05) is 11.1 Å². The van der Waals surface area contributed by atoms with Crippen LogP contribution in [0.15, 0.2) is 35.2 Å². The topological polar surface area (TPSA) is 71.1 Å². The van der Waals surface area contributed by atoms with Crippen LogP contribution in [0.4, 0.5) is 5.13 Å². The SMILES string of the molecule is CC(=O)NCc1ccc(-c2nc(NC(=O)CCSc3ccc(C)c(C)c3)sc2C)s1. The maximum Gasteiger partial charge on any atom is 0.226 e. The number of nitrogens with zero attached hydrogens (tertiary/aromatic N) is 1. The summed E-state index contributed by atoms with van der Waals surface area (Å²) in [6, 6.07) is 10.4. The maximum absolute atomic E-state index is 12.3. The normalized spacial score (nSPS) is 10.8. The van der Waals surface area contributed by atoms with Gasteiger partial charge in [0.2, 0.25) is 11.8 Å². The summed E-state index contributed by atoms with van der Waals surface area (Å²) in [5.74, 6) is 0.655. The number of anilines is 1. The summed E-state index contributed by atoms with van der Waals surface area (Å²) in [6.07, 6.45) is 0.436. The van der Waals surface area contributed by atoms with E-state index in [0.29, 0.717) is 18.1 Å². The van der Waals surface area contributed by atoms with Crippen LogP contribution >= 0.6 is 34.4 Å². The molecule has 158 valence electrons. The van der Waals surface area contributed by atoms with Crippen LogP contribution in [0.2, 0.25) is 0 Å². The number of thiazole rings is 1. The van der Waals surface area contributed by atoms with Gasteiger partial charge >= 0.3 is 0 Å². The number of thiophene rings is 1. The van der Waals surface area contributed by atoms with Crippen molar-refractivity contribution < 1.29 is 9.59 Å². The molecule has 0 aliphatic rings. The van der Waals surface area contributed by atoms with Gasteiger partial charge in [0.1, 0.15) is 0 Å².